The van der Waals surface area contributed by atoms with Gasteiger partial charge in [-0.25, -0.2) is 12.8 Å². The van der Waals surface area contributed by atoms with Crippen LogP contribution in [0.1, 0.15) is 5.56 Å². The van der Waals surface area contributed by atoms with Crippen LogP contribution < -0.4 is 4.72 Å². The molecule has 0 bridgehead atoms. The molecule has 1 heterocycles. The molecule has 1 N–H and O–H groups in total. The normalized spacial score (nSPS) is 11.5. The third kappa shape index (κ3) is 4.28. The first-order valence-electron chi connectivity index (χ1n) is 7.20. The van der Waals surface area contributed by atoms with E-state index in [0.717, 1.165) is 4.47 Å². The van der Waals surface area contributed by atoms with Crippen LogP contribution in [0.25, 0.3) is 0 Å². The molecule has 0 atom stereocenters. The third-order valence-electron chi connectivity index (χ3n) is 3.45. The number of anilines is 1. The third-order valence-corrected chi connectivity index (χ3v) is 6.27. The van der Waals surface area contributed by atoms with Gasteiger partial charge in [0.25, 0.3) is 10.0 Å². The molecule has 0 fully saturated rings. The van der Waals surface area contributed by atoms with Crippen LogP contribution in [0.5, 0.6) is 0 Å². The first-order chi connectivity index (χ1) is 12.3. The summed E-state index contributed by atoms with van der Waals surface area (Å²) in [6.07, 6.45) is 1.54. The molecule has 0 unspecified atom stereocenters. The van der Waals surface area contributed by atoms with Crippen molar-refractivity contribution in [3.8, 4) is 0 Å². The summed E-state index contributed by atoms with van der Waals surface area (Å²) in [5.41, 5.74) is 0.270. The lowest BCUT2D eigenvalue weighted by molar-refractivity contribution is 0.585. The largest absolute Gasteiger partial charge is 0.265 e. The van der Waals surface area contributed by atoms with Gasteiger partial charge in [-0.15, -0.1) is 0 Å². The van der Waals surface area contributed by atoms with E-state index in [1.165, 1.54) is 28.9 Å². The molecule has 0 aliphatic heterocycles. The standard InChI is InChI=1S/C16H11Br2ClFN3O2S/c17-10-4-6-11(7-5-10)26(24,25)22-16-13(18)9-23(21-16)8-12-14(19)2-1-3-15(12)20/h1-7,9H,8H2,(H,21,22). The van der Waals surface area contributed by atoms with Crippen LogP contribution in [-0.2, 0) is 16.6 Å². The number of benzene rings is 2. The number of hydrogen-bond donors (Lipinski definition) is 1. The van der Waals surface area contributed by atoms with Crippen molar-refractivity contribution in [2.24, 2.45) is 0 Å². The Morgan fingerprint density at radius 3 is 2.50 bits per heavy atom. The van der Waals surface area contributed by atoms with Gasteiger partial charge in [-0.2, -0.15) is 5.10 Å². The number of hydrogen-bond acceptors (Lipinski definition) is 3. The second-order valence-corrected chi connectivity index (χ2v) is 9.14. The van der Waals surface area contributed by atoms with E-state index in [0.29, 0.717) is 4.47 Å². The molecule has 5 nitrogen and oxygen atoms in total. The SMILES string of the molecule is O=S(=O)(Nc1nn(Cc2c(F)cccc2Cl)cc1Br)c1ccc(Br)cc1. The van der Waals surface area contributed by atoms with Crippen LogP contribution in [0.4, 0.5) is 10.2 Å². The smallest absolute Gasteiger partial charge is 0.263 e. The molecule has 0 aliphatic carbocycles. The lowest BCUT2D eigenvalue weighted by atomic mass is 10.2. The minimum absolute atomic E-state index is 0.0596. The topological polar surface area (TPSA) is 64.0 Å². The maximum absolute atomic E-state index is 13.9. The molecule has 3 aromatic rings. The molecule has 0 saturated heterocycles. The van der Waals surface area contributed by atoms with E-state index >= 15 is 0 Å². The Morgan fingerprint density at radius 2 is 1.85 bits per heavy atom. The van der Waals surface area contributed by atoms with Crippen molar-refractivity contribution >= 4 is 59.3 Å². The van der Waals surface area contributed by atoms with Crippen LogP contribution in [0.2, 0.25) is 5.02 Å². The van der Waals surface area contributed by atoms with Crippen LogP contribution in [0, 0.1) is 5.82 Å². The van der Waals surface area contributed by atoms with Gasteiger partial charge in [0.05, 0.1) is 15.9 Å². The van der Waals surface area contributed by atoms with Crippen molar-refractivity contribution in [1.29, 1.82) is 0 Å². The molecule has 136 valence electrons. The molecule has 0 saturated carbocycles. The summed E-state index contributed by atoms with van der Waals surface area (Å²) < 4.78 is 43.8. The maximum atomic E-state index is 13.9. The first-order valence-corrected chi connectivity index (χ1v) is 10.7. The van der Waals surface area contributed by atoms with Gasteiger partial charge >= 0.3 is 0 Å². The lowest BCUT2D eigenvalue weighted by Gasteiger charge is -2.07. The average molecular weight is 524 g/mol. The first kappa shape index (κ1) is 19.3. The second-order valence-electron chi connectivity index (χ2n) is 5.28. The molecule has 3 rings (SSSR count). The van der Waals surface area contributed by atoms with Crippen LogP contribution in [0.15, 0.2) is 62.5 Å². The molecular weight excluding hydrogens is 513 g/mol. The number of halogens is 4. The Hall–Kier alpha value is -1.42. The van der Waals surface area contributed by atoms with E-state index in [9.17, 15) is 12.8 Å². The van der Waals surface area contributed by atoms with Gasteiger partial charge < -0.3 is 0 Å². The van der Waals surface area contributed by atoms with E-state index in [4.69, 9.17) is 11.6 Å². The fourth-order valence-electron chi connectivity index (χ4n) is 2.19. The van der Waals surface area contributed by atoms with Gasteiger partial charge in [-0.1, -0.05) is 33.6 Å². The molecule has 0 spiro atoms. The number of nitrogens with zero attached hydrogens (tertiary/aromatic N) is 2. The van der Waals surface area contributed by atoms with Crippen LogP contribution in [0.3, 0.4) is 0 Å². The highest BCUT2D eigenvalue weighted by Crippen LogP contribution is 2.26. The zero-order chi connectivity index (χ0) is 18.9. The van der Waals surface area contributed by atoms with Gasteiger partial charge in [-0.3, -0.25) is 9.40 Å². The summed E-state index contributed by atoms with van der Waals surface area (Å²) in [6.45, 7) is 0.0596. The zero-order valence-corrected chi connectivity index (χ0v) is 17.7. The molecule has 0 radical (unpaired) electrons. The van der Waals surface area contributed by atoms with Gasteiger partial charge in [0, 0.05) is 21.3 Å². The summed E-state index contributed by atoms with van der Waals surface area (Å²) in [4.78, 5) is 0.0966. The molecule has 10 heteroatoms. The van der Waals surface area contributed by atoms with Crippen molar-refractivity contribution in [3.63, 3.8) is 0 Å². The van der Waals surface area contributed by atoms with Crippen molar-refractivity contribution in [2.75, 3.05) is 4.72 Å². The van der Waals surface area contributed by atoms with Crippen LogP contribution in [-0.4, -0.2) is 18.2 Å². The van der Waals surface area contributed by atoms with Crippen molar-refractivity contribution in [3.05, 3.63) is 74.0 Å². The number of nitrogens with one attached hydrogen (secondary N) is 1. The van der Waals surface area contributed by atoms with E-state index in [1.807, 2.05) is 0 Å². The Kier molecular flexibility index (Phi) is 5.71. The Labute approximate surface area is 171 Å². The van der Waals surface area contributed by atoms with E-state index in [2.05, 4.69) is 41.7 Å². The molecular formula is C16H11Br2ClFN3O2S. The minimum Gasteiger partial charge on any atom is -0.265 e. The predicted molar refractivity (Wildman–Crippen MR) is 105 cm³/mol. The fraction of sp³-hybridized carbons (Fsp3) is 0.0625. The molecule has 2 aromatic carbocycles. The van der Waals surface area contributed by atoms with Crippen molar-refractivity contribution in [2.45, 2.75) is 11.4 Å². The quantitative estimate of drug-likeness (QED) is 0.509. The maximum Gasteiger partial charge on any atom is 0.263 e. The van der Waals surface area contributed by atoms with Gasteiger partial charge in [0.1, 0.15) is 5.82 Å². The van der Waals surface area contributed by atoms with Gasteiger partial charge in [-0.05, 0) is 52.3 Å². The highest BCUT2D eigenvalue weighted by molar-refractivity contribution is 9.10. The zero-order valence-electron chi connectivity index (χ0n) is 13.0. The second kappa shape index (κ2) is 7.67. The summed E-state index contributed by atoms with van der Waals surface area (Å²) in [5.74, 6) is -0.360. The molecule has 1 aromatic heterocycles. The predicted octanol–water partition coefficient (Wildman–Crippen LogP) is 5.05. The van der Waals surface area contributed by atoms with E-state index in [1.54, 1.807) is 24.4 Å². The molecule has 0 amide bonds. The summed E-state index contributed by atoms with van der Waals surface area (Å²) in [6, 6.07) is 10.6. The number of rotatable bonds is 5. The Bertz CT molecular complexity index is 1040. The number of aromatic nitrogens is 2. The van der Waals surface area contributed by atoms with E-state index < -0.39 is 15.8 Å². The Morgan fingerprint density at radius 1 is 1.15 bits per heavy atom. The lowest BCUT2D eigenvalue weighted by Crippen LogP contribution is -2.14. The minimum atomic E-state index is -3.81. The average Bonchev–Trinajstić information content (AvgIpc) is 2.90. The van der Waals surface area contributed by atoms with Crippen molar-refractivity contribution < 1.29 is 12.8 Å². The summed E-state index contributed by atoms with van der Waals surface area (Å²) in [7, 11) is -3.81. The van der Waals surface area contributed by atoms with Gasteiger partial charge in [0.2, 0.25) is 0 Å². The highest BCUT2D eigenvalue weighted by atomic mass is 79.9. The summed E-state index contributed by atoms with van der Waals surface area (Å²) in [5, 5.41) is 4.43. The van der Waals surface area contributed by atoms with Crippen molar-refractivity contribution in [1.82, 2.24) is 9.78 Å². The van der Waals surface area contributed by atoms with Crippen LogP contribution >= 0.6 is 43.5 Å². The Balaban J connectivity index is 1.85. The molecule has 0 aliphatic rings. The fourth-order valence-corrected chi connectivity index (χ4v) is 4.24. The summed E-state index contributed by atoms with van der Waals surface area (Å²) >= 11 is 12.5. The van der Waals surface area contributed by atoms with E-state index in [-0.39, 0.29) is 27.8 Å². The monoisotopic (exact) mass is 521 g/mol. The highest BCUT2D eigenvalue weighted by Gasteiger charge is 2.18. The number of sulfonamides is 1. The van der Waals surface area contributed by atoms with Gasteiger partial charge in [0.15, 0.2) is 5.82 Å². The molecule has 26 heavy (non-hydrogen) atoms.